The zero-order valence-corrected chi connectivity index (χ0v) is 10.5. The molecule has 0 aliphatic carbocycles. The number of nitrogens with two attached hydrogens (primary N) is 1. The SMILES string of the molecule is CCCc1ccc(-c2ccc(N)cc2C)cc1. The number of hydrogen-bond donors (Lipinski definition) is 1. The molecule has 1 nitrogen and oxygen atoms in total. The van der Waals surface area contributed by atoms with Gasteiger partial charge in [-0.25, -0.2) is 0 Å². The summed E-state index contributed by atoms with van der Waals surface area (Å²) in [5.41, 5.74) is 11.8. The Bertz CT molecular complexity index is 497. The lowest BCUT2D eigenvalue weighted by Gasteiger charge is -2.08. The zero-order chi connectivity index (χ0) is 12.3. The van der Waals surface area contributed by atoms with Crippen molar-refractivity contribution in [2.75, 3.05) is 5.73 Å². The largest absolute Gasteiger partial charge is 0.399 e. The Morgan fingerprint density at radius 1 is 1.00 bits per heavy atom. The minimum absolute atomic E-state index is 0.828. The number of benzene rings is 2. The highest BCUT2D eigenvalue weighted by Crippen LogP contribution is 2.25. The number of nitrogen functional groups attached to an aromatic ring is 1. The van der Waals surface area contributed by atoms with Gasteiger partial charge in [0.1, 0.15) is 0 Å². The van der Waals surface area contributed by atoms with Crippen LogP contribution in [0.1, 0.15) is 24.5 Å². The molecule has 0 aliphatic rings. The van der Waals surface area contributed by atoms with Crippen LogP contribution >= 0.6 is 0 Å². The van der Waals surface area contributed by atoms with Crippen molar-refractivity contribution in [1.29, 1.82) is 0 Å². The Kier molecular flexibility index (Phi) is 3.48. The summed E-state index contributed by atoms with van der Waals surface area (Å²) in [7, 11) is 0. The van der Waals surface area contributed by atoms with Crippen molar-refractivity contribution in [1.82, 2.24) is 0 Å². The van der Waals surface area contributed by atoms with Gasteiger partial charge in [0.05, 0.1) is 0 Å². The van der Waals surface area contributed by atoms with Crippen molar-refractivity contribution in [3.63, 3.8) is 0 Å². The third-order valence-electron chi connectivity index (χ3n) is 3.05. The quantitative estimate of drug-likeness (QED) is 0.778. The highest BCUT2D eigenvalue weighted by atomic mass is 14.5. The normalized spacial score (nSPS) is 10.5. The predicted octanol–water partition coefficient (Wildman–Crippen LogP) is 4.20. The van der Waals surface area contributed by atoms with Crippen LogP contribution in [-0.4, -0.2) is 0 Å². The van der Waals surface area contributed by atoms with Crippen LogP contribution in [0.3, 0.4) is 0 Å². The van der Waals surface area contributed by atoms with Gasteiger partial charge in [-0.2, -0.15) is 0 Å². The number of rotatable bonds is 3. The van der Waals surface area contributed by atoms with E-state index >= 15 is 0 Å². The fourth-order valence-corrected chi connectivity index (χ4v) is 2.15. The van der Waals surface area contributed by atoms with Crippen molar-refractivity contribution in [2.45, 2.75) is 26.7 Å². The Labute approximate surface area is 103 Å². The van der Waals surface area contributed by atoms with E-state index in [1.807, 2.05) is 12.1 Å². The second kappa shape index (κ2) is 5.05. The van der Waals surface area contributed by atoms with Gasteiger partial charge in [0.15, 0.2) is 0 Å². The highest BCUT2D eigenvalue weighted by Gasteiger charge is 2.02. The fraction of sp³-hybridized carbons (Fsp3) is 0.250. The van der Waals surface area contributed by atoms with Crippen LogP contribution in [0.5, 0.6) is 0 Å². The van der Waals surface area contributed by atoms with Gasteiger partial charge in [0.25, 0.3) is 0 Å². The summed E-state index contributed by atoms with van der Waals surface area (Å²) in [6.07, 6.45) is 2.35. The van der Waals surface area contributed by atoms with Crippen LogP contribution in [0.25, 0.3) is 11.1 Å². The van der Waals surface area contributed by atoms with Gasteiger partial charge < -0.3 is 5.73 Å². The summed E-state index contributed by atoms with van der Waals surface area (Å²) in [5, 5.41) is 0. The fourth-order valence-electron chi connectivity index (χ4n) is 2.15. The van der Waals surface area contributed by atoms with E-state index in [9.17, 15) is 0 Å². The van der Waals surface area contributed by atoms with Crippen LogP contribution in [0.15, 0.2) is 42.5 Å². The second-order valence-electron chi connectivity index (χ2n) is 4.52. The first-order valence-corrected chi connectivity index (χ1v) is 6.16. The maximum Gasteiger partial charge on any atom is 0.0317 e. The average molecular weight is 225 g/mol. The summed E-state index contributed by atoms with van der Waals surface area (Å²) in [5.74, 6) is 0. The van der Waals surface area contributed by atoms with E-state index in [0.717, 1.165) is 12.1 Å². The molecule has 0 aliphatic heterocycles. The molecule has 2 aromatic rings. The molecule has 2 N–H and O–H groups in total. The van der Waals surface area contributed by atoms with Crippen LogP contribution < -0.4 is 5.73 Å². The molecule has 0 atom stereocenters. The molecule has 0 saturated carbocycles. The Morgan fingerprint density at radius 3 is 2.29 bits per heavy atom. The molecule has 0 saturated heterocycles. The lowest BCUT2D eigenvalue weighted by molar-refractivity contribution is 0.922. The van der Waals surface area contributed by atoms with Crippen molar-refractivity contribution < 1.29 is 0 Å². The molecule has 0 aromatic heterocycles. The molecule has 88 valence electrons. The summed E-state index contributed by atoms with van der Waals surface area (Å²) in [6.45, 7) is 4.31. The van der Waals surface area contributed by atoms with Gasteiger partial charge in [-0.05, 0) is 47.7 Å². The van der Waals surface area contributed by atoms with Gasteiger partial charge in [-0.1, -0.05) is 43.7 Å². The monoisotopic (exact) mass is 225 g/mol. The van der Waals surface area contributed by atoms with E-state index in [-0.39, 0.29) is 0 Å². The first-order valence-electron chi connectivity index (χ1n) is 6.16. The first-order chi connectivity index (χ1) is 8.20. The zero-order valence-electron chi connectivity index (χ0n) is 10.5. The third kappa shape index (κ3) is 2.68. The molecule has 0 amide bonds. The van der Waals surface area contributed by atoms with E-state index in [1.54, 1.807) is 0 Å². The number of aryl methyl sites for hydroxylation is 2. The summed E-state index contributed by atoms with van der Waals surface area (Å²) < 4.78 is 0. The van der Waals surface area contributed by atoms with Crippen LogP contribution in [0.2, 0.25) is 0 Å². The van der Waals surface area contributed by atoms with Crippen molar-refractivity contribution >= 4 is 5.69 Å². The molecule has 2 rings (SSSR count). The summed E-state index contributed by atoms with van der Waals surface area (Å²) >= 11 is 0. The van der Waals surface area contributed by atoms with Gasteiger partial charge in [0.2, 0.25) is 0 Å². The minimum atomic E-state index is 0.828. The number of hydrogen-bond acceptors (Lipinski definition) is 1. The van der Waals surface area contributed by atoms with E-state index in [0.29, 0.717) is 0 Å². The van der Waals surface area contributed by atoms with Gasteiger partial charge >= 0.3 is 0 Å². The maximum absolute atomic E-state index is 5.77. The lowest BCUT2D eigenvalue weighted by Crippen LogP contribution is -1.89. The smallest absolute Gasteiger partial charge is 0.0317 e. The van der Waals surface area contributed by atoms with Crippen molar-refractivity contribution in [3.8, 4) is 11.1 Å². The summed E-state index contributed by atoms with van der Waals surface area (Å²) in [4.78, 5) is 0. The maximum atomic E-state index is 5.77. The van der Waals surface area contributed by atoms with Gasteiger partial charge in [-0.3, -0.25) is 0 Å². The van der Waals surface area contributed by atoms with Gasteiger partial charge in [-0.15, -0.1) is 0 Å². The average Bonchev–Trinajstić information content (AvgIpc) is 2.31. The highest BCUT2D eigenvalue weighted by molar-refractivity contribution is 5.69. The molecule has 0 unspecified atom stereocenters. The third-order valence-corrected chi connectivity index (χ3v) is 3.05. The number of anilines is 1. The molecular weight excluding hydrogens is 206 g/mol. The molecule has 0 bridgehead atoms. The van der Waals surface area contributed by atoms with E-state index in [4.69, 9.17) is 5.73 Å². The van der Waals surface area contributed by atoms with Crippen LogP contribution in [-0.2, 0) is 6.42 Å². The van der Waals surface area contributed by atoms with Crippen molar-refractivity contribution in [2.24, 2.45) is 0 Å². The first kappa shape index (κ1) is 11.7. The minimum Gasteiger partial charge on any atom is -0.399 e. The van der Waals surface area contributed by atoms with Gasteiger partial charge in [0, 0.05) is 5.69 Å². The predicted molar refractivity (Wildman–Crippen MR) is 75.0 cm³/mol. The van der Waals surface area contributed by atoms with E-state index in [2.05, 4.69) is 44.2 Å². The van der Waals surface area contributed by atoms with Crippen LogP contribution in [0, 0.1) is 6.92 Å². The molecule has 1 heteroatoms. The molecule has 17 heavy (non-hydrogen) atoms. The Morgan fingerprint density at radius 2 is 1.71 bits per heavy atom. The molecule has 0 fully saturated rings. The molecule has 0 spiro atoms. The standard InChI is InChI=1S/C16H19N/c1-3-4-13-5-7-14(8-6-13)16-10-9-15(17)11-12(16)2/h5-11H,3-4,17H2,1-2H3. The van der Waals surface area contributed by atoms with E-state index < -0.39 is 0 Å². The molecular formula is C16H19N. The van der Waals surface area contributed by atoms with Crippen LogP contribution in [0.4, 0.5) is 5.69 Å². The lowest BCUT2D eigenvalue weighted by atomic mass is 9.98. The van der Waals surface area contributed by atoms with Crippen molar-refractivity contribution in [3.05, 3.63) is 53.6 Å². The summed E-state index contributed by atoms with van der Waals surface area (Å²) in [6, 6.07) is 14.9. The molecule has 0 heterocycles. The molecule has 0 radical (unpaired) electrons. The topological polar surface area (TPSA) is 26.0 Å². The second-order valence-corrected chi connectivity index (χ2v) is 4.52. The Balaban J connectivity index is 2.33. The molecule has 2 aromatic carbocycles. The van der Waals surface area contributed by atoms with E-state index in [1.165, 1.54) is 28.7 Å². The Hall–Kier alpha value is -1.76.